The molecule has 1 heterocycles. The zero-order valence-corrected chi connectivity index (χ0v) is 18.2. The molecule has 0 spiro atoms. The number of halogens is 1. The number of hydrogen-bond acceptors (Lipinski definition) is 3. The van der Waals surface area contributed by atoms with Crippen molar-refractivity contribution in [2.75, 3.05) is 38.0 Å². The average Bonchev–Trinajstić information content (AvgIpc) is 2.56. The summed E-state index contributed by atoms with van der Waals surface area (Å²) in [5.41, 5.74) is 0.452. The van der Waals surface area contributed by atoms with Gasteiger partial charge in [-0.2, -0.15) is 4.31 Å². The number of rotatable bonds is 7. The van der Waals surface area contributed by atoms with Gasteiger partial charge in [0.15, 0.2) is 6.54 Å². The van der Waals surface area contributed by atoms with Crippen LogP contribution in [0.1, 0.15) is 34.1 Å². The van der Waals surface area contributed by atoms with E-state index in [2.05, 4.69) is 19.2 Å². The highest BCUT2D eigenvalue weighted by Gasteiger charge is 2.28. The Morgan fingerprint density at radius 2 is 1.81 bits per heavy atom. The highest BCUT2D eigenvalue weighted by molar-refractivity contribution is 7.89. The fourth-order valence-electron chi connectivity index (χ4n) is 3.98. The van der Waals surface area contributed by atoms with Crippen molar-refractivity contribution in [2.45, 2.75) is 39.0 Å². The minimum absolute atomic E-state index is 0.0261. The number of piperidine rings is 1. The lowest BCUT2D eigenvalue weighted by molar-refractivity contribution is -0.904. The molecule has 6 nitrogen and oxygen atoms in total. The highest BCUT2D eigenvalue weighted by Crippen LogP contribution is 2.27. The molecule has 152 valence electrons. The van der Waals surface area contributed by atoms with Crippen LogP contribution in [0.4, 0.5) is 5.69 Å². The maximum absolute atomic E-state index is 12.8. The third-order valence-corrected chi connectivity index (χ3v) is 7.56. The van der Waals surface area contributed by atoms with Crippen molar-refractivity contribution in [3.05, 3.63) is 23.2 Å². The van der Waals surface area contributed by atoms with Crippen molar-refractivity contribution >= 4 is 33.2 Å². The van der Waals surface area contributed by atoms with Crippen LogP contribution in [-0.2, 0) is 14.8 Å². The van der Waals surface area contributed by atoms with Gasteiger partial charge in [0, 0.05) is 30.6 Å². The molecule has 1 fully saturated rings. The molecule has 3 atom stereocenters. The molecule has 0 aromatic heterocycles. The largest absolute Gasteiger partial charge is 0.327 e. The van der Waals surface area contributed by atoms with Gasteiger partial charge in [0.2, 0.25) is 10.0 Å². The van der Waals surface area contributed by atoms with Crippen LogP contribution < -0.4 is 10.2 Å². The molecule has 0 bridgehead atoms. The molecule has 1 aliphatic heterocycles. The molecule has 0 saturated carbocycles. The molecule has 1 unspecified atom stereocenters. The number of sulfonamides is 1. The summed E-state index contributed by atoms with van der Waals surface area (Å²) < 4.78 is 26.9. The Balaban J connectivity index is 2.12. The van der Waals surface area contributed by atoms with E-state index in [1.165, 1.54) is 27.8 Å². The van der Waals surface area contributed by atoms with E-state index in [-0.39, 0.29) is 15.8 Å². The number of carbonyl (C=O) groups excluding carboxylic acids is 1. The molecule has 1 amide bonds. The van der Waals surface area contributed by atoms with E-state index in [4.69, 9.17) is 11.6 Å². The van der Waals surface area contributed by atoms with Crippen LogP contribution in [0.15, 0.2) is 23.1 Å². The Labute approximate surface area is 167 Å². The zero-order valence-electron chi connectivity index (χ0n) is 16.6. The summed E-state index contributed by atoms with van der Waals surface area (Å²) in [6, 6.07) is 4.61. The van der Waals surface area contributed by atoms with Crippen LogP contribution in [0.5, 0.6) is 0 Å². The lowest BCUT2D eigenvalue weighted by atomic mass is 9.92. The third-order valence-electron chi connectivity index (χ3n) is 5.03. The van der Waals surface area contributed by atoms with Crippen LogP contribution in [0.2, 0.25) is 5.02 Å². The van der Waals surface area contributed by atoms with Crippen molar-refractivity contribution < 1.29 is 18.1 Å². The van der Waals surface area contributed by atoms with Gasteiger partial charge in [-0.25, -0.2) is 8.42 Å². The Morgan fingerprint density at radius 3 is 2.37 bits per heavy atom. The molecule has 1 aliphatic rings. The molecule has 2 N–H and O–H groups in total. The summed E-state index contributed by atoms with van der Waals surface area (Å²) in [6.07, 6.45) is 1.20. The highest BCUT2D eigenvalue weighted by atomic mass is 35.5. The van der Waals surface area contributed by atoms with Crippen LogP contribution >= 0.6 is 11.6 Å². The normalized spacial score (nSPS) is 23.4. The summed E-state index contributed by atoms with van der Waals surface area (Å²) in [5, 5.41) is 2.99. The number of anilines is 1. The fraction of sp³-hybridized carbons (Fsp3) is 0.632. The second-order valence-corrected chi connectivity index (χ2v) is 9.88. The predicted octanol–water partition coefficient (Wildman–Crippen LogP) is 1.87. The molecule has 2 rings (SSSR count). The SMILES string of the molecule is CCN(CC)S(=O)(=O)c1cc(NC(=O)C[NH+]2C[C@H](C)C[C@H](C)C2)ccc1Cl. The van der Waals surface area contributed by atoms with Crippen molar-refractivity contribution in [3.63, 3.8) is 0 Å². The van der Waals surface area contributed by atoms with E-state index < -0.39 is 10.0 Å². The third kappa shape index (κ3) is 5.67. The topological polar surface area (TPSA) is 70.9 Å². The maximum Gasteiger partial charge on any atom is 0.279 e. The molecule has 8 heteroatoms. The monoisotopic (exact) mass is 416 g/mol. The quantitative estimate of drug-likeness (QED) is 0.712. The first kappa shape index (κ1) is 22.1. The standard InChI is InChI=1S/C19H30ClN3O3S/c1-5-23(6-2)27(25,26)18-10-16(7-8-17(18)20)21-19(24)13-22-11-14(3)9-15(4)12-22/h7-8,10,14-15H,5-6,9,11-13H2,1-4H3,(H,21,24)/p+1/t14-,15+. The van der Waals surface area contributed by atoms with Crippen molar-refractivity contribution in [1.82, 2.24) is 4.31 Å². The molecule has 1 saturated heterocycles. The molecule has 0 aliphatic carbocycles. The Hall–Kier alpha value is -1.15. The first-order valence-electron chi connectivity index (χ1n) is 9.60. The van der Waals surface area contributed by atoms with Gasteiger partial charge in [-0.05, 0) is 24.6 Å². The van der Waals surface area contributed by atoms with Crippen LogP contribution in [0, 0.1) is 11.8 Å². The average molecular weight is 417 g/mol. The van der Waals surface area contributed by atoms with Crippen LogP contribution in [0.25, 0.3) is 0 Å². The predicted molar refractivity (Wildman–Crippen MR) is 109 cm³/mol. The molecule has 1 aromatic rings. The van der Waals surface area contributed by atoms with Gasteiger partial charge in [0.05, 0.1) is 18.1 Å². The van der Waals surface area contributed by atoms with E-state index in [9.17, 15) is 13.2 Å². The van der Waals surface area contributed by atoms with Gasteiger partial charge in [0.1, 0.15) is 4.90 Å². The zero-order chi connectivity index (χ0) is 20.2. The summed E-state index contributed by atoms with van der Waals surface area (Å²) in [5.74, 6) is 1.11. The van der Waals surface area contributed by atoms with E-state index in [1.807, 2.05) is 0 Å². The number of amides is 1. The first-order valence-corrected chi connectivity index (χ1v) is 11.4. The van der Waals surface area contributed by atoms with Crippen LogP contribution in [-0.4, -0.2) is 51.4 Å². The number of quaternary nitrogens is 1. The van der Waals surface area contributed by atoms with Crippen LogP contribution in [0.3, 0.4) is 0 Å². The minimum Gasteiger partial charge on any atom is -0.327 e. The summed E-state index contributed by atoms with van der Waals surface area (Å²) in [6.45, 7) is 11.1. The van der Waals surface area contributed by atoms with E-state index >= 15 is 0 Å². The Morgan fingerprint density at radius 1 is 1.22 bits per heavy atom. The Kier molecular flexibility index (Phi) is 7.68. The number of nitrogens with one attached hydrogen (secondary N) is 2. The molecular formula is C19H31ClN3O3S+. The fourth-order valence-corrected chi connectivity index (χ4v) is 5.94. The first-order chi connectivity index (χ1) is 12.7. The number of hydrogen-bond donors (Lipinski definition) is 2. The lowest BCUT2D eigenvalue weighted by Gasteiger charge is -2.31. The van der Waals surface area contributed by atoms with Gasteiger partial charge in [-0.3, -0.25) is 4.79 Å². The maximum atomic E-state index is 12.8. The number of benzene rings is 1. The van der Waals surface area contributed by atoms with Gasteiger partial charge in [-0.15, -0.1) is 0 Å². The molecule has 27 heavy (non-hydrogen) atoms. The lowest BCUT2D eigenvalue weighted by Crippen LogP contribution is -3.15. The molecule has 0 radical (unpaired) electrons. The molecular weight excluding hydrogens is 386 g/mol. The second kappa shape index (κ2) is 9.37. The smallest absolute Gasteiger partial charge is 0.279 e. The van der Waals surface area contributed by atoms with Gasteiger partial charge < -0.3 is 10.2 Å². The van der Waals surface area contributed by atoms with E-state index in [0.29, 0.717) is 37.2 Å². The summed E-state index contributed by atoms with van der Waals surface area (Å²) in [7, 11) is -3.69. The number of carbonyl (C=O) groups is 1. The van der Waals surface area contributed by atoms with Crippen molar-refractivity contribution in [3.8, 4) is 0 Å². The van der Waals surface area contributed by atoms with Crippen molar-refractivity contribution in [1.29, 1.82) is 0 Å². The van der Waals surface area contributed by atoms with E-state index in [1.54, 1.807) is 19.9 Å². The van der Waals surface area contributed by atoms with E-state index in [0.717, 1.165) is 13.1 Å². The second-order valence-electron chi connectivity index (χ2n) is 7.56. The van der Waals surface area contributed by atoms with Crippen molar-refractivity contribution in [2.24, 2.45) is 11.8 Å². The summed E-state index contributed by atoms with van der Waals surface area (Å²) >= 11 is 6.14. The number of likely N-dealkylation sites (tertiary alicyclic amines) is 1. The Bertz CT molecular complexity index is 755. The van der Waals surface area contributed by atoms with Gasteiger partial charge in [-0.1, -0.05) is 39.3 Å². The summed E-state index contributed by atoms with van der Waals surface area (Å²) in [4.78, 5) is 13.8. The molecule has 1 aromatic carbocycles. The number of nitrogens with zero attached hydrogens (tertiary/aromatic N) is 1. The van der Waals surface area contributed by atoms with Gasteiger partial charge >= 0.3 is 0 Å². The van der Waals surface area contributed by atoms with Gasteiger partial charge in [0.25, 0.3) is 5.91 Å². The minimum atomic E-state index is -3.69.